The highest BCUT2D eigenvalue weighted by Crippen LogP contribution is 2.30. The molecule has 1 aromatic rings. The standard InChI is InChI=1S/C14H20N4O2/c1-11-2-3-12(18(19)20)8-14(11)17-9-13(10-17)16-6-4-15-5-7-16/h2-3,8,13,15H,4-7,9-10H2,1H3. The topological polar surface area (TPSA) is 61.7 Å². The summed E-state index contributed by atoms with van der Waals surface area (Å²) in [6, 6.07) is 5.71. The predicted molar refractivity (Wildman–Crippen MR) is 78.3 cm³/mol. The van der Waals surface area contributed by atoms with Gasteiger partial charge in [0.25, 0.3) is 5.69 Å². The molecule has 3 rings (SSSR count). The van der Waals surface area contributed by atoms with E-state index in [9.17, 15) is 10.1 Å². The summed E-state index contributed by atoms with van der Waals surface area (Å²) in [6.07, 6.45) is 0. The van der Waals surface area contributed by atoms with Crippen LogP contribution >= 0.6 is 0 Å². The Morgan fingerprint density at radius 3 is 2.65 bits per heavy atom. The van der Waals surface area contributed by atoms with Crippen LogP contribution in [0.4, 0.5) is 11.4 Å². The van der Waals surface area contributed by atoms with Gasteiger partial charge in [-0.25, -0.2) is 0 Å². The smallest absolute Gasteiger partial charge is 0.271 e. The Morgan fingerprint density at radius 1 is 1.30 bits per heavy atom. The molecule has 2 saturated heterocycles. The molecule has 1 N–H and O–H groups in total. The highest BCUT2D eigenvalue weighted by atomic mass is 16.6. The van der Waals surface area contributed by atoms with Gasteiger partial charge < -0.3 is 10.2 Å². The van der Waals surface area contributed by atoms with E-state index in [4.69, 9.17) is 0 Å². The number of hydrogen-bond donors (Lipinski definition) is 1. The largest absolute Gasteiger partial charge is 0.368 e. The molecule has 2 fully saturated rings. The third-order valence-electron chi connectivity index (χ3n) is 4.27. The second kappa shape index (κ2) is 5.38. The number of nitrogens with zero attached hydrogens (tertiary/aromatic N) is 3. The summed E-state index contributed by atoms with van der Waals surface area (Å²) in [6.45, 7) is 8.29. The minimum absolute atomic E-state index is 0.177. The van der Waals surface area contributed by atoms with Gasteiger partial charge in [0.1, 0.15) is 0 Å². The van der Waals surface area contributed by atoms with Crippen LogP contribution in [-0.4, -0.2) is 55.1 Å². The third-order valence-corrected chi connectivity index (χ3v) is 4.27. The molecule has 0 radical (unpaired) electrons. The maximum Gasteiger partial charge on any atom is 0.271 e. The van der Waals surface area contributed by atoms with Crippen LogP contribution in [0.2, 0.25) is 0 Å². The molecule has 0 aliphatic carbocycles. The molecule has 20 heavy (non-hydrogen) atoms. The summed E-state index contributed by atoms with van der Waals surface area (Å²) in [5.74, 6) is 0. The zero-order chi connectivity index (χ0) is 14.1. The van der Waals surface area contributed by atoms with Crippen LogP contribution in [0.15, 0.2) is 18.2 Å². The van der Waals surface area contributed by atoms with E-state index in [0.29, 0.717) is 6.04 Å². The fourth-order valence-corrected chi connectivity index (χ4v) is 2.98. The van der Waals surface area contributed by atoms with Gasteiger partial charge >= 0.3 is 0 Å². The Morgan fingerprint density at radius 2 is 2.00 bits per heavy atom. The highest BCUT2D eigenvalue weighted by molar-refractivity contribution is 5.60. The Bertz CT molecular complexity index is 508. The second-order valence-electron chi connectivity index (χ2n) is 5.57. The SMILES string of the molecule is Cc1ccc([N+](=O)[O-])cc1N1CC(N2CCNCC2)C1. The molecule has 0 spiro atoms. The van der Waals surface area contributed by atoms with E-state index in [2.05, 4.69) is 15.1 Å². The van der Waals surface area contributed by atoms with Gasteiger partial charge in [-0.15, -0.1) is 0 Å². The third kappa shape index (κ3) is 2.48. The lowest BCUT2D eigenvalue weighted by Crippen LogP contribution is -2.63. The lowest BCUT2D eigenvalue weighted by atomic mass is 10.0. The molecule has 0 unspecified atom stereocenters. The number of piperazine rings is 1. The molecular formula is C14H20N4O2. The summed E-state index contributed by atoms with van der Waals surface area (Å²) >= 11 is 0. The Hall–Kier alpha value is -1.66. The number of nitro groups is 1. The van der Waals surface area contributed by atoms with Crippen molar-refractivity contribution in [3.05, 3.63) is 33.9 Å². The number of nitrogens with one attached hydrogen (secondary N) is 1. The van der Waals surface area contributed by atoms with Crippen LogP contribution in [0, 0.1) is 17.0 Å². The highest BCUT2D eigenvalue weighted by Gasteiger charge is 2.33. The van der Waals surface area contributed by atoms with E-state index in [1.54, 1.807) is 12.1 Å². The van der Waals surface area contributed by atoms with Crippen LogP contribution < -0.4 is 10.2 Å². The number of aryl methyl sites for hydroxylation is 1. The van der Waals surface area contributed by atoms with Crippen molar-refractivity contribution in [2.45, 2.75) is 13.0 Å². The van der Waals surface area contributed by atoms with Crippen molar-refractivity contribution in [2.75, 3.05) is 44.2 Å². The lowest BCUT2D eigenvalue weighted by molar-refractivity contribution is -0.384. The van der Waals surface area contributed by atoms with Crippen molar-refractivity contribution < 1.29 is 4.92 Å². The van der Waals surface area contributed by atoms with Gasteiger partial charge in [-0.1, -0.05) is 6.07 Å². The Balaban J connectivity index is 1.67. The molecule has 6 nitrogen and oxygen atoms in total. The molecule has 0 bridgehead atoms. The number of rotatable bonds is 3. The van der Waals surface area contributed by atoms with E-state index in [1.807, 2.05) is 13.0 Å². The van der Waals surface area contributed by atoms with Gasteiger partial charge in [-0.05, 0) is 12.5 Å². The fraction of sp³-hybridized carbons (Fsp3) is 0.571. The first-order valence-corrected chi connectivity index (χ1v) is 7.10. The van der Waals surface area contributed by atoms with Crippen molar-refractivity contribution in [3.8, 4) is 0 Å². The van der Waals surface area contributed by atoms with E-state index >= 15 is 0 Å². The Kier molecular flexibility index (Phi) is 3.58. The number of benzene rings is 1. The van der Waals surface area contributed by atoms with Gasteiger partial charge in [0.2, 0.25) is 0 Å². The molecule has 0 amide bonds. The molecule has 2 aliphatic heterocycles. The van der Waals surface area contributed by atoms with E-state index in [0.717, 1.165) is 50.5 Å². The number of nitro benzene ring substituents is 1. The minimum Gasteiger partial charge on any atom is -0.368 e. The fourth-order valence-electron chi connectivity index (χ4n) is 2.98. The monoisotopic (exact) mass is 276 g/mol. The van der Waals surface area contributed by atoms with Crippen molar-refractivity contribution >= 4 is 11.4 Å². The van der Waals surface area contributed by atoms with E-state index in [-0.39, 0.29) is 10.6 Å². The van der Waals surface area contributed by atoms with Gasteiger partial charge in [-0.3, -0.25) is 15.0 Å². The zero-order valence-electron chi connectivity index (χ0n) is 11.7. The van der Waals surface area contributed by atoms with Crippen molar-refractivity contribution in [2.24, 2.45) is 0 Å². The summed E-state index contributed by atoms with van der Waals surface area (Å²) in [5.41, 5.74) is 2.29. The second-order valence-corrected chi connectivity index (χ2v) is 5.57. The minimum atomic E-state index is -0.323. The summed E-state index contributed by atoms with van der Waals surface area (Å²) in [7, 11) is 0. The van der Waals surface area contributed by atoms with Crippen molar-refractivity contribution in [1.82, 2.24) is 10.2 Å². The molecule has 0 saturated carbocycles. The zero-order valence-corrected chi connectivity index (χ0v) is 11.7. The van der Waals surface area contributed by atoms with Crippen LogP contribution in [-0.2, 0) is 0 Å². The maximum absolute atomic E-state index is 10.9. The molecular weight excluding hydrogens is 256 g/mol. The maximum atomic E-state index is 10.9. The molecule has 0 atom stereocenters. The lowest BCUT2D eigenvalue weighted by Gasteiger charge is -2.48. The van der Waals surface area contributed by atoms with Crippen molar-refractivity contribution in [3.63, 3.8) is 0 Å². The van der Waals surface area contributed by atoms with Crippen LogP contribution in [0.1, 0.15) is 5.56 Å². The number of hydrogen-bond acceptors (Lipinski definition) is 5. The molecule has 0 aromatic heterocycles. The summed E-state index contributed by atoms with van der Waals surface area (Å²) in [4.78, 5) is 15.3. The van der Waals surface area contributed by atoms with Crippen LogP contribution in [0.3, 0.4) is 0 Å². The summed E-state index contributed by atoms with van der Waals surface area (Å²) < 4.78 is 0. The Labute approximate surface area is 118 Å². The molecule has 6 heteroatoms. The first-order chi connectivity index (χ1) is 9.65. The van der Waals surface area contributed by atoms with Crippen LogP contribution in [0.5, 0.6) is 0 Å². The average Bonchev–Trinajstić information content (AvgIpc) is 2.40. The number of anilines is 1. The summed E-state index contributed by atoms with van der Waals surface area (Å²) in [5, 5.41) is 14.2. The number of non-ortho nitro benzene ring substituents is 1. The predicted octanol–water partition coefficient (Wildman–Crippen LogP) is 0.997. The molecule has 1 aromatic carbocycles. The normalized spacial score (nSPS) is 20.8. The average molecular weight is 276 g/mol. The van der Waals surface area contributed by atoms with E-state index < -0.39 is 0 Å². The molecule has 108 valence electrons. The van der Waals surface area contributed by atoms with Crippen LogP contribution in [0.25, 0.3) is 0 Å². The molecule has 2 heterocycles. The van der Waals surface area contributed by atoms with Gasteiger partial charge in [0, 0.05) is 63.1 Å². The van der Waals surface area contributed by atoms with Gasteiger partial charge in [-0.2, -0.15) is 0 Å². The van der Waals surface area contributed by atoms with Gasteiger partial charge in [0.05, 0.1) is 4.92 Å². The molecule has 2 aliphatic rings. The van der Waals surface area contributed by atoms with Crippen molar-refractivity contribution in [1.29, 1.82) is 0 Å². The van der Waals surface area contributed by atoms with E-state index in [1.165, 1.54) is 0 Å². The first-order valence-electron chi connectivity index (χ1n) is 7.10. The first kappa shape index (κ1) is 13.3. The quantitative estimate of drug-likeness (QED) is 0.659. The van der Waals surface area contributed by atoms with Gasteiger partial charge in [0.15, 0.2) is 0 Å².